The largest absolute Gasteiger partial charge is 0.272 e. The first-order valence-corrected chi connectivity index (χ1v) is 8.29. The number of hydrazine groups is 1. The molecule has 0 heterocycles. The highest BCUT2D eigenvalue weighted by Gasteiger charge is 2.08. The van der Waals surface area contributed by atoms with Crippen LogP contribution in [0.5, 0.6) is 0 Å². The standard InChI is InChI=1S/C18H20N2O2S/c1-12-4-6-16(7-5-12)23-11-17(21)19-20-18(22)15-9-13(2)8-14(3)10-15/h4-10H,11H2,1-3H3,(H,19,21)(H,20,22). The molecule has 0 unspecified atom stereocenters. The summed E-state index contributed by atoms with van der Waals surface area (Å²) >= 11 is 1.43. The second-order valence-electron chi connectivity index (χ2n) is 5.48. The van der Waals surface area contributed by atoms with E-state index in [4.69, 9.17) is 0 Å². The first kappa shape index (κ1) is 17.1. The van der Waals surface area contributed by atoms with Crippen LogP contribution in [0.3, 0.4) is 0 Å². The van der Waals surface area contributed by atoms with Crippen LogP contribution >= 0.6 is 11.8 Å². The van der Waals surface area contributed by atoms with E-state index < -0.39 is 0 Å². The van der Waals surface area contributed by atoms with Crippen molar-refractivity contribution in [2.45, 2.75) is 25.7 Å². The predicted molar refractivity (Wildman–Crippen MR) is 93.4 cm³/mol. The highest BCUT2D eigenvalue weighted by atomic mass is 32.2. The Labute approximate surface area is 140 Å². The van der Waals surface area contributed by atoms with Crippen molar-refractivity contribution in [2.24, 2.45) is 0 Å². The molecule has 0 aromatic heterocycles. The Hall–Kier alpha value is -2.27. The molecule has 0 aliphatic heterocycles. The number of carbonyl (C=O) groups is 2. The second-order valence-corrected chi connectivity index (χ2v) is 6.53. The van der Waals surface area contributed by atoms with Gasteiger partial charge in [-0.15, -0.1) is 11.8 Å². The molecule has 0 saturated carbocycles. The van der Waals surface area contributed by atoms with Gasteiger partial charge in [-0.25, -0.2) is 0 Å². The zero-order chi connectivity index (χ0) is 16.8. The SMILES string of the molecule is Cc1ccc(SCC(=O)NNC(=O)c2cc(C)cc(C)c2)cc1. The molecule has 23 heavy (non-hydrogen) atoms. The average molecular weight is 328 g/mol. The number of aryl methyl sites for hydroxylation is 3. The maximum atomic E-state index is 12.0. The van der Waals surface area contributed by atoms with Gasteiger partial charge in [0.15, 0.2) is 0 Å². The van der Waals surface area contributed by atoms with Gasteiger partial charge >= 0.3 is 0 Å². The van der Waals surface area contributed by atoms with Crippen molar-refractivity contribution in [1.29, 1.82) is 0 Å². The Morgan fingerprint density at radius 3 is 2.09 bits per heavy atom. The van der Waals surface area contributed by atoms with Crippen molar-refractivity contribution >= 4 is 23.6 Å². The van der Waals surface area contributed by atoms with Crippen LogP contribution in [0.2, 0.25) is 0 Å². The first-order chi connectivity index (χ1) is 10.9. The summed E-state index contributed by atoms with van der Waals surface area (Å²) in [6, 6.07) is 13.5. The number of carbonyl (C=O) groups excluding carboxylic acids is 2. The van der Waals surface area contributed by atoms with E-state index in [1.165, 1.54) is 17.3 Å². The number of hydrogen-bond donors (Lipinski definition) is 2. The molecule has 4 nitrogen and oxygen atoms in total. The molecule has 0 bridgehead atoms. The quantitative estimate of drug-likeness (QED) is 0.669. The molecule has 2 N–H and O–H groups in total. The van der Waals surface area contributed by atoms with Crippen molar-refractivity contribution in [3.8, 4) is 0 Å². The Balaban J connectivity index is 1.81. The van der Waals surface area contributed by atoms with Gasteiger partial charge in [-0.3, -0.25) is 20.4 Å². The Bertz CT molecular complexity index is 691. The van der Waals surface area contributed by atoms with Crippen LogP contribution in [0.1, 0.15) is 27.0 Å². The molecule has 2 rings (SSSR count). The van der Waals surface area contributed by atoms with E-state index in [2.05, 4.69) is 10.9 Å². The fraction of sp³-hybridized carbons (Fsp3) is 0.222. The monoisotopic (exact) mass is 328 g/mol. The van der Waals surface area contributed by atoms with Gasteiger partial charge in [-0.05, 0) is 45.0 Å². The van der Waals surface area contributed by atoms with Crippen LogP contribution < -0.4 is 10.9 Å². The zero-order valence-corrected chi connectivity index (χ0v) is 14.3. The summed E-state index contributed by atoms with van der Waals surface area (Å²) in [6.07, 6.45) is 0. The minimum atomic E-state index is -0.314. The highest BCUT2D eigenvalue weighted by Crippen LogP contribution is 2.17. The van der Waals surface area contributed by atoms with Crippen LogP contribution in [-0.4, -0.2) is 17.6 Å². The number of amides is 2. The molecular formula is C18H20N2O2S. The maximum Gasteiger partial charge on any atom is 0.269 e. The molecule has 120 valence electrons. The van der Waals surface area contributed by atoms with Gasteiger partial charge in [0.05, 0.1) is 5.75 Å². The van der Waals surface area contributed by atoms with E-state index in [-0.39, 0.29) is 17.6 Å². The number of hydrogen-bond acceptors (Lipinski definition) is 3. The van der Waals surface area contributed by atoms with E-state index in [9.17, 15) is 9.59 Å². The van der Waals surface area contributed by atoms with Crippen LogP contribution in [0.15, 0.2) is 47.4 Å². The summed E-state index contributed by atoms with van der Waals surface area (Å²) in [6.45, 7) is 5.88. The normalized spacial score (nSPS) is 10.2. The molecule has 0 aliphatic rings. The van der Waals surface area contributed by atoms with Crippen molar-refractivity contribution < 1.29 is 9.59 Å². The van der Waals surface area contributed by atoms with Gasteiger partial charge in [0.2, 0.25) is 5.91 Å². The summed E-state index contributed by atoms with van der Waals surface area (Å²) in [4.78, 5) is 24.9. The smallest absolute Gasteiger partial charge is 0.269 e. The molecule has 2 aromatic rings. The van der Waals surface area contributed by atoms with Gasteiger partial charge < -0.3 is 0 Å². The first-order valence-electron chi connectivity index (χ1n) is 7.31. The third kappa shape index (κ3) is 5.45. The highest BCUT2D eigenvalue weighted by molar-refractivity contribution is 8.00. The third-order valence-electron chi connectivity index (χ3n) is 3.19. The zero-order valence-electron chi connectivity index (χ0n) is 13.5. The van der Waals surface area contributed by atoms with Crippen LogP contribution in [0.25, 0.3) is 0 Å². The van der Waals surface area contributed by atoms with Gasteiger partial charge in [0.25, 0.3) is 5.91 Å². The molecule has 0 fully saturated rings. The summed E-state index contributed by atoms with van der Waals surface area (Å²) in [7, 11) is 0. The van der Waals surface area contributed by atoms with Crippen molar-refractivity contribution in [3.05, 3.63) is 64.7 Å². The van der Waals surface area contributed by atoms with Gasteiger partial charge in [0.1, 0.15) is 0 Å². The van der Waals surface area contributed by atoms with E-state index >= 15 is 0 Å². The summed E-state index contributed by atoms with van der Waals surface area (Å²) < 4.78 is 0. The van der Waals surface area contributed by atoms with Crippen LogP contribution in [-0.2, 0) is 4.79 Å². The molecule has 0 aliphatic carbocycles. The Morgan fingerprint density at radius 2 is 1.48 bits per heavy atom. The van der Waals surface area contributed by atoms with Gasteiger partial charge in [-0.2, -0.15) is 0 Å². The molecule has 0 saturated heterocycles. The average Bonchev–Trinajstić information content (AvgIpc) is 2.51. The van der Waals surface area contributed by atoms with Crippen molar-refractivity contribution in [3.63, 3.8) is 0 Å². The van der Waals surface area contributed by atoms with E-state index in [1.54, 1.807) is 12.1 Å². The predicted octanol–water partition coefficient (Wildman–Crippen LogP) is 3.17. The topological polar surface area (TPSA) is 58.2 Å². The second kappa shape index (κ2) is 7.83. The number of nitrogens with one attached hydrogen (secondary N) is 2. The molecule has 0 spiro atoms. The molecule has 0 radical (unpaired) electrons. The van der Waals surface area contributed by atoms with Crippen LogP contribution in [0, 0.1) is 20.8 Å². The lowest BCUT2D eigenvalue weighted by molar-refractivity contribution is -0.119. The summed E-state index contributed by atoms with van der Waals surface area (Å²) in [5.41, 5.74) is 8.63. The lowest BCUT2D eigenvalue weighted by Crippen LogP contribution is -2.42. The van der Waals surface area contributed by atoms with E-state index in [0.29, 0.717) is 5.56 Å². The lowest BCUT2D eigenvalue weighted by Gasteiger charge is -2.08. The van der Waals surface area contributed by atoms with Crippen LogP contribution in [0.4, 0.5) is 0 Å². The lowest BCUT2D eigenvalue weighted by atomic mass is 10.1. The van der Waals surface area contributed by atoms with Gasteiger partial charge in [-0.1, -0.05) is 34.9 Å². The third-order valence-corrected chi connectivity index (χ3v) is 4.20. The molecule has 5 heteroatoms. The van der Waals surface area contributed by atoms with E-state index in [0.717, 1.165) is 16.0 Å². The number of rotatable bonds is 4. The Morgan fingerprint density at radius 1 is 0.870 bits per heavy atom. The minimum Gasteiger partial charge on any atom is -0.272 e. The van der Waals surface area contributed by atoms with Crippen molar-refractivity contribution in [1.82, 2.24) is 10.9 Å². The number of benzene rings is 2. The fourth-order valence-electron chi connectivity index (χ4n) is 2.12. The number of thioether (sulfide) groups is 1. The van der Waals surface area contributed by atoms with Gasteiger partial charge in [0, 0.05) is 10.5 Å². The summed E-state index contributed by atoms with van der Waals surface area (Å²) in [5.74, 6) is -0.310. The molecule has 0 atom stereocenters. The maximum absolute atomic E-state index is 12.0. The molecule has 2 aromatic carbocycles. The fourth-order valence-corrected chi connectivity index (χ4v) is 2.82. The molecule has 2 amide bonds. The Kier molecular flexibility index (Phi) is 5.82. The minimum absolute atomic E-state index is 0.242. The molecular weight excluding hydrogens is 308 g/mol. The van der Waals surface area contributed by atoms with Crippen molar-refractivity contribution in [2.75, 3.05) is 5.75 Å². The van der Waals surface area contributed by atoms with E-state index in [1.807, 2.05) is 51.1 Å². The summed E-state index contributed by atoms with van der Waals surface area (Å²) in [5, 5.41) is 0.